The van der Waals surface area contributed by atoms with Crippen molar-refractivity contribution in [2.45, 2.75) is 13.8 Å². The number of carbonyl (C=O) groups excluding carboxylic acids is 1. The number of methoxy groups -OCH3 is 2. The van der Waals surface area contributed by atoms with Crippen LogP contribution in [0.1, 0.15) is 21.7 Å². The third-order valence-corrected chi connectivity index (χ3v) is 3.77. The summed E-state index contributed by atoms with van der Waals surface area (Å²) in [6.45, 7) is 3.84. The fraction of sp³-hybridized carbons (Fsp3) is 0.222. The van der Waals surface area contributed by atoms with Gasteiger partial charge in [-0.3, -0.25) is 4.79 Å². The summed E-state index contributed by atoms with van der Waals surface area (Å²) in [5.74, 6) is 1.67. The molecule has 0 unspecified atom stereocenters. The third kappa shape index (κ3) is 3.49. The maximum Gasteiger partial charge on any atom is 0.256 e. The van der Waals surface area contributed by atoms with E-state index in [4.69, 9.17) is 9.47 Å². The first kappa shape index (κ1) is 17.4. The second-order valence-corrected chi connectivity index (χ2v) is 5.62. The van der Waals surface area contributed by atoms with Crippen LogP contribution < -0.4 is 14.8 Å². The Hall–Kier alpha value is -3.42. The molecule has 0 aliphatic rings. The normalized spacial score (nSPS) is 10.5. The van der Waals surface area contributed by atoms with Crippen LogP contribution in [0.25, 0.3) is 5.82 Å². The summed E-state index contributed by atoms with van der Waals surface area (Å²) in [7, 11) is 3.06. The maximum atomic E-state index is 12.5. The minimum atomic E-state index is -0.316. The van der Waals surface area contributed by atoms with Crippen LogP contribution in [-0.4, -0.2) is 39.9 Å². The van der Waals surface area contributed by atoms with E-state index in [-0.39, 0.29) is 5.91 Å². The predicted molar refractivity (Wildman–Crippen MR) is 96.1 cm³/mol. The van der Waals surface area contributed by atoms with Gasteiger partial charge in [0.15, 0.2) is 17.3 Å². The van der Waals surface area contributed by atoms with Gasteiger partial charge in [0.25, 0.3) is 5.91 Å². The van der Waals surface area contributed by atoms with E-state index in [0.717, 1.165) is 11.4 Å². The number of aromatic nitrogens is 4. The second kappa shape index (κ2) is 7.22. The first-order valence-corrected chi connectivity index (χ1v) is 7.91. The van der Waals surface area contributed by atoms with Gasteiger partial charge in [0.1, 0.15) is 12.1 Å². The Labute approximate surface area is 150 Å². The van der Waals surface area contributed by atoms with Gasteiger partial charge in [0.05, 0.1) is 19.9 Å². The highest BCUT2D eigenvalue weighted by molar-refractivity contribution is 6.04. The molecule has 1 aromatic carbocycles. The van der Waals surface area contributed by atoms with Crippen LogP contribution in [0, 0.1) is 13.8 Å². The van der Waals surface area contributed by atoms with Gasteiger partial charge in [-0.25, -0.2) is 14.6 Å². The van der Waals surface area contributed by atoms with Crippen molar-refractivity contribution in [1.29, 1.82) is 0 Å². The molecule has 8 heteroatoms. The van der Waals surface area contributed by atoms with Crippen molar-refractivity contribution in [2.24, 2.45) is 0 Å². The molecule has 0 saturated carbocycles. The molecule has 8 nitrogen and oxygen atoms in total. The molecule has 134 valence electrons. The molecule has 0 saturated heterocycles. The summed E-state index contributed by atoms with van der Waals surface area (Å²) in [6.07, 6.45) is 1.38. The molecule has 3 rings (SSSR count). The lowest BCUT2D eigenvalue weighted by Crippen LogP contribution is -2.14. The van der Waals surface area contributed by atoms with E-state index >= 15 is 0 Å². The Balaban J connectivity index is 1.84. The van der Waals surface area contributed by atoms with Gasteiger partial charge in [0, 0.05) is 17.3 Å². The average molecular weight is 353 g/mol. The van der Waals surface area contributed by atoms with Gasteiger partial charge in [-0.2, -0.15) is 5.10 Å². The van der Waals surface area contributed by atoms with Crippen molar-refractivity contribution in [1.82, 2.24) is 19.7 Å². The number of rotatable bonds is 5. The van der Waals surface area contributed by atoms with Crippen molar-refractivity contribution in [3.05, 3.63) is 53.6 Å². The van der Waals surface area contributed by atoms with E-state index in [2.05, 4.69) is 20.4 Å². The first-order chi connectivity index (χ1) is 12.5. The van der Waals surface area contributed by atoms with Gasteiger partial charge >= 0.3 is 0 Å². The van der Waals surface area contributed by atoms with Gasteiger partial charge in [-0.15, -0.1) is 0 Å². The Morgan fingerprint density at radius 1 is 1.04 bits per heavy atom. The molecular formula is C18H19N5O3. The topological polar surface area (TPSA) is 91.2 Å². The third-order valence-electron chi connectivity index (χ3n) is 3.77. The van der Waals surface area contributed by atoms with E-state index in [9.17, 15) is 4.79 Å². The average Bonchev–Trinajstić information content (AvgIpc) is 2.99. The molecule has 0 aliphatic carbocycles. The number of anilines is 1. The molecule has 2 aromatic heterocycles. The quantitative estimate of drug-likeness (QED) is 0.758. The molecule has 0 radical (unpaired) electrons. The molecule has 26 heavy (non-hydrogen) atoms. The van der Waals surface area contributed by atoms with Crippen LogP contribution in [0.2, 0.25) is 0 Å². The van der Waals surface area contributed by atoms with E-state index in [1.165, 1.54) is 13.4 Å². The van der Waals surface area contributed by atoms with E-state index in [1.807, 2.05) is 19.9 Å². The van der Waals surface area contributed by atoms with Crippen LogP contribution in [0.3, 0.4) is 0 Å². The molecule has 0 atom stereocenters. The Morgan fingerprint density at radius 2 is 1.81 bits per heavy atom. The van der Waals surface area contributed by atoms with Crippen molar-refractivity contribution in [2.75, 3.05) is 19.5 Å². The van der Waals surface area contributed by atoms with E-state index in [1.54, 1.807) is 36.1 Å². The van der Waals surface area contributed by atoms with Crippen molar-refractivity contribution >= 4 is 11.7 Å². The summed E-state index contributed by atoms with van der Waals surface area (Å²) >= 11 is 0. The number of benzene rings is 1. The number of aryl methyl sites for hydroxylation is 2. The molecule has 2 heterocycles. The van der Waals surface area contributed by atoms with Crippen molar-refractivity contribution in [3.8, 4) is 17.3 Å². The molecule has 1 amide bonds. The molecular weight excluding hydrogens is 334 g/mol. The van der Waals surface area contributed by atoms with E-state index in [0.29, 0.717) is 28.7 Å². The minimum absolute atomic E-state index is 0.316. The van der Waals surface area contributed by atoms with Crippen LogP contribution >= 0.6 is 0 Å². The number of hydrogen-bond acceptors (Lipinski definition) is 6. The Bertz CT molecular complexity index is 952. The lowest BCUT2D eigenvalue weighted by atomic mass is 10.2. The van der Waals surface area contributed by atoms with Gasteiger partial charge in [-0.1, -0.05) is 0 Å². The van der Waals surface area contributed by atoms with Crippen LogP contribution in [0.4, 0.5) is 5.82 Å². The fourth-order valence-corrected chi connectivity index (χ4v) is 2.56. The first-order valence-electron chi connectivity index (χ1n) is 7.91. The molecule has 3 aromatic rings. The highest BCUT2D eigenvalue weighted by atomic mass is 16.5. The molecule has 0 aliphatic heterocycles. The monoisotopic (exact) mass is 353 g/mol. The smallest absolute Gasteiger partial charge is 0.256 e. The number of nitrogens with zero attached hydrogens (tertiary/aromatic N) is 4. The number of carbonyl (C=O) groups is 1. The second-order valence-electron chi connectivity index (χ2n) is 5.62. The zero-order chi connectivity index (χ0) is 18.7. The van der Waals surface area contributed by atoms with Crippen LogP contribution in [-0.2, 0) is 0 Å². The van der Waals surface area contributed by atoms with Gasteiger partial charge in [-0.05, 0) is 38.1 Å². The summed E-state index contributed by atoms with van der Waals surface area (Å²) in [5.41, 5.74) is 2.25. The predicted octanol–water partition coefficient (Wildman–Crippen LogP) is 2.55. The van der Waals surface area contributed by atoms with Crippen molar-refractivity contribution in [3.63, 3.8) is 0 Å². The maximum absolute atomic E-state index is 12.5. The molecule has 0 spiro atoms. The van der Waals surface area contributed by atoms with Crippen molar-refractivity contribution < 1.29 is 14.3 Å². The standard InChI is InChI=1S/C18H19N5O3/c1-11-7-12(2)23(22-11)17-9-16(19-10-20-17)21-18(24)13-5-6-14(25-3)15(8-13)26-4/h5-10H,1-4H3,(H,19,20,21,24). The summed E-state index contributed by atoms with van der Waals surface area (Å²) in [4.78, 5) is 20.8. The molecule has 1 N–H and O–H groups in total. The number of amides is 1. The Kier molecular flexibility index (Phi) is 4.83. The zero-order valence-electron chi connectivity index (χ0n) is 15.0. The summed E-state index contributed by atoms with van der Waals surface area (Å²) < 4.78 is 12.1. The molecule has 0 fully saturated rings. The lowest BCUT2D eigenvalue weighted by molar-refractivity contribution is 0.102. The largest absolute Gasteiger partial charge is 0.493 e. The Morgan fingerprint density at radius 3 is 2.46 bits per heavy atom. The number of ether oxygens (including phenoxy) is 2. The van der Waals surface area contributed by atoms with Gasteiger partial charge in [0.2, 0.25) is 0 Å². The minimum Gasteiger partial charge on any atom is -0.493 e. The highest BCUT2D eigenvalue weighted by Gasteiger charge is 2.13. The number of nitrogens with one attached hydrogen (secondary N) is 1. The van der Waals surface area contributed by atoms with Crippen LogP contribution in [0.15, 0.2) is 36.7 Å². The molecule has 0 bridgehead atoms. The summed E-state index contributed by atoms with van der Waals surface area (Å²) in [5, 5.41) is 7.14. The fourth-order valence-electron chi connectivity index (χ4n) is 2.56. The SMILES string of the molecule is COc1ccc(C(=O)Nc2cc(-n3nc(C)cc3C)ncn2)cc1OC. The zero-order valence-corrected chi connectivity index (χ0v) is 15.0. The number of hydrogen-bond donors (Lipinski definition) is 1. The lowest BCUT2D eigenvalue weighted by Gasteiger charge is -2.10. The highest BCUT2D eigenvalue weighted by Crippen LogP contribution is 2.27. The van der Waals surface area contributed by atoms with Crippen LogP contribution in [0.5, 0.6) is 11.5 Å². The van der Waals surface area contributed by atoms with E-state index < -0.39 is 0 Å². The summed E-state index contributed by atoms with van der Waals surface area (Å²) in [6, 6.07) is 8.55. The van der Waals surface area contributed by atoms with Gasteiger partial charge < -0.3 is 14.8 Å².